The smallest absolute Gasteiger partial charge is 0.275 e. The lowest BCUT2D eigenvalue weighted by molar-refractivity contribution is -0.0794. The average molecular weight is 225 g/mol. The number of ether oxygens (including phenoxy) is 1. The minimum Gasteiger partial charge on any atom is -0.437 e. The SMILES string of the molecule is OC1(OC(=S)S)C=Nc2ccccc21. The summed E-state index contributed by atoms with van der Waals surface area (Å²) in [4.78, 5) is 4.01. The molecule has 1 aromatic rings. The third-order valence-electron chi connectivity index (χ3n) is 1.91. The standard InChI is InChI=1S/C9H7NO2S2/c11-9(12-8(13)14)5-10-7-4-2-1-3-6(7)9/h1-5,11H,(H,13,14). The van der Waals surface area contributed by atoms with E-state index < -0.39 is 5.79 Å². The molecule has 1 atom stereocenters. The number of hydrogen-bond acceptors (Lipinski definition) is 4. The first-order chi connectivity index (χ1) is 6.62. The fourth-order valence-corrected chi connectivity index (χ4v) is 1.60. The monoisotopic (exact) mass is 225 g/mol. The van der Waals surface area contributed by atoms with Crippen LogP contribution in [0.4, 0.5) is 5.69 Å². The zero-order valence-electron chi connectivity index (χ0n) is 7.04. The number of nitrogens with zero attached hydrogens (tertiary/aromatic N) is 1. The molecule has 1 aliphatic rings. The van der Waals surface area contributed by atoms with E-state index in [0.29, 0.717) is 11.3 Å². The molecule has 0 aromatic heterocycles. The maximum Gasteiger partial charge on any atom is 0.275 e. The number of benzene rings is 1. The number of rotatable bonds is 1. The summed E-state index contributed by atoms with van der Waals surface area (Å²) in [6.07, 6.45) is 1.31. The van der Waals surface area contributed by atoms with E-state index in [4.69, 9.17) is 4.74 Å². The molecule has 1 N–H and O–H groups in total. The number of aliphatic imine (C=N–C) groups is 1. The topological polar surface area (TPSA) is 41.8 Å². The van der Waals surface area contributed by atoms with Crippen molar-refractivity contribution in [2.45, 2.75) is 5.79 Å². The first-order valence-electron chi connectivity index (χ1n) is 3.91. The summed E-state index contributed by atoms with van der Waals surface area (Å²) in [5.74, 6) is -1.56. The van der Waals surface area contributed by atoms with Gasteiger partial charge in [0.25, 0.3) is 5.79 Å². The Bertz CT molecular complexity index is 419. The predicted octanol–water partition coefficient (Wildman–Crippen LogP) is 1.78. The van der Waals surface area contributed by atoms with Gasteiger partial charge in [0.2, 0.25) is 4.38 Å². The lowest BCUT2D eigenvalue weighted by Crippen LogP contribution is -2.29. The molecule has 0 fully saturated rings. The van der Waals surface area contributed by atoms with Gasteiger partial charge in [-0.05, 0) is 24.4 Å². The Morgan fingerprint density at radius 3 is 2.93 bits per heavy atom. The van der Waals surface area contributed by atoms with Gasteiger partial charge in [-0.15, -0.1) is 0 Å². The first-order valence-corrected chi connectivity index (χ1v) is 4.76. The van der Waals surface area contributed by atoms with E-state index in [2.05, 4.69) is 29.8 Å². The Balaban J connectivity index is 2.42. The van der Waals surface area contributed by atoms with Crippen LogP contribution < -0.4 is 0 Å². The zero-order chi connectivity index (χ0) is 10.2. The second kappa shape index (κ2) is 3.34. The molecule has 1 unspecified atom stereocenters. The maximum absolute atomic E-state index is 10.0. The highest BCUT2D eigenvalue weighted by Crippen LogP contribution is 2.35. The lowest BCUT2D eigenvalue weighted by atomic mass is 10.1. The minimum atomic E-state index is -1.56. The molecule has 0 radical (unpaired) electrons. The molecule has 14 heavy (non-hydrogen) atoms. The highest BCUT2D eigenvalue weighted by Gasteiger charge is 2.36. The van der Waals surface area contributed by atoms with Gasteiger partial charge in [-0.1, -0.05) is 24.8 Å². The molecular weight excluding hydrogens is 218 g/mol. The van der Waals surface area contributed by atoms with Crippen molar-refractivity contribution in [1.82, 2.24) is 0 Å². The van der Waals surface area contributed by atoms with Gasteiger partial charge >= 0.3 is 0 Å². The van der Waals surface area contributed by atoms with Crippen molar-refractivity contribution in [2.75, 3.05) is 0 Å². The molecule has 72 valence electrons. The molecular formula is C9H7NO2S2. The number of thiol groups is 1. The zero-order valence-corrected chi connectivity index (χ0v) is 8.76. The lowest BCUT2D eigenvalue weighted by Gasteiger charge is -2.20. The van der Waals surface area contributed by atoms with Crippen LogP contribution in [0.25, 0.3) is 0 Å². The van der Waals surface area contributed by atoms with Crippen molar-refractivity contribution >= 4 is 41.1 Å². The molecule has 5 heteroatoms. The van der Waals surface area contributed by atoms with E-state index in [1.807, 2.05) is 6.07 Å². The quantitative estimate of drug-likeness (QED) is 0.435. The third-order valence-corrected chi connectivity index (χ3v) is 2.09. The summed E-state index contributed by atoms with van der Waals surface area (Å²) in [6.45, 7) is 0. The van der Waals surface area contributed by atoms with Crippen LogP contribution in [0.5, 0.6) is 0 Å². The molecule has 0 aliphatic carbocycles. The molecule has 0 saturated carbocycles. The highest BCUT2D eigenvalue weighted by atomic mass is 32.1. The van der Waals surface area contributed by atoms with Gasteiger partial charge in [-0.3, -0.25) is 4.99 Å². The Kier molecular flexibility index (Phi) is 2.30. The normalized spacial score (nSPS) is 23.3. The van der Waals surface area contributed by atoms with Crippen LogP contribution in [0, 0.1) is 0 Å². The van der Waals surface area contributed by atoms with E-state index in [1.54, 1.807) is 18.2 Å². The highest BCUT2D eigenvalue weighted by molar-refractivity contribution is 8.10. The second-order valence-electron chi connectivity index (χ2n) is 2.84. The van der Waals surface area contributed by atoms with Gasteiger partial charge in [0.1, 0.15) is 0 Å². The van der Waals surface area contributed by atoms with Crippen LogP contribution in [0.1, 0.15) is 5.56 Å². The maximum atomic E-state index is 10.0. The van der Waals surface area contributed by atoms with Gasteiger partial charge in [0, 0.05) is 0 Å². The van der Waals surface area contributed by atoms with Crippen molar-refractivity contribution in [1.29, 1.82) is 0 Å². The molecule has 0 amide bonds. The summed E-state index contributed by atoms with van der Waals surface area (Å²) in [7, 11) is 0. The van der Waals surface area contributed by atoms with Crippen LogP contribution >= 0.6 is 24.8 Å². The van der Waals surface area contributed by atoms with Crippen LogP contribution in [-0.4, -0.2) is 15.7 Å². The fraction of sp³-hybridized carbons (Fsp3) is 0.111. The third kappa shape index (κ3) is 1.54. The number of thiocarbonyl (C=S) groups is 1. The molecule has 1 heterocycles. The van der Waals surface area contributed by atoms with E-state index in [9.17, 15) is 5.11 Å². The molecule has 2 rings (SSSR count). The van der Waals surface area contributed by atoms with Crippen molar-refractivity contribution < 1.29 is 9.84 Å². The molecule has 0 bridgehead atoms. The van der Waals surface area contributed by atoms with Gasteiger partial charge in [0.15, 0.2) is 0 Å². The fourth-order valence-electron chi connectivity index (χ4n) is 1.33. The van der Waals surface area contributed by atoms with Crippen molar-refractivity contribution in [3.05, 3.63) is 29.8 Å². The van der Waals surface area contributed by atoms with E-state index >= 15 is 0 Å². The van der Waals surface area contributed by atoms with Crippen molar-refractivity contribution in [3.8, 4) is 0 Å². The van der Waals surface area contributed by atoms with Crippen LogP contribution in [-0.2, 0) is 10.5 Å². The second-order valence-corrected chi connectivity index (χ2v) is 3.92. The Morgan fingerprint density at radius 1 is 1.50 bits per heavy atom. The van der Waals surface area contributed by atoms with E-state index in [-0.39, 0.29) is 4.38 Å². The number of hydrogen-bond donors (Lipinski definition) is 2. The Labute approximate surface area is 91.8 Å². The van der Waals surface area contributed by atoms with Crippen LogP contribution in [0.3, 0.4) is 0 Å². The molecule has 0 saturated heterocycles. The summed E-state index contributed by atoms with van der Waals surface area (Å²) in [5.41, 5.74) is 1.26. The largest absolute Gasteiger partial charge is 0.437 e. The summed E-state index contributed by atoms with van der Waals surface area (Å²) >= 11 is 8.46. The average Bonchev–Trinajstić information content (AvgIpc) is 2.44. The van der Waals surface area contributed by atoms with Crippen molar-refractivity contribution in [2.24, 2.45) is 4.99 Å². The molecule has 1 aromatic carbocycles. The Hall–Kier alpha value is -0.910. The van der Waals surface area contributed by atoms with Gasteiger partial charge in [0.05, 0.1) is 17.5 Å². The van der Waals surface area contributed by atoms with Crippen LogP contribution in [0.2, 0.25) is 0 Å². The first kappa shape index (κ1) is 9.64. The summed E-state index contributed by atoms with van der Waals surface area (Å²) in [5, 5.41) is 10.0. The van der Waals surface area contributed by atoms with Gasteiger partial charge < -0.3 is 9.84 Å². The summed E-state index contributed by atoms with van der Waals surface area (Å²) < 4.78 is 5.01. The van der Waals surface area contributed by atoms with Gasteiger partial charge in [-0.25, -0.2) is 0 Å². The predicted molar refractivity (Wildman–Crippen MR) is 61.2 cm³/mol. The number of fused-ring (bicyclic) bond motifs is 1. The van der Waals surface area contributed by atoms with Gasteiger partial charge in [-0.2, -0.15) is 0 Å². The van der Waals surface area contributed by atoms with E-state index in [0.717, 1.165) is 0 Å². The molecule has 1 aliphatic heterocycles. The number of para-hydroxylation sites is 1. The van der Waals surface area contributed by atoms with E-state index in [1.165, 1.54) is 6.21 Å². The van der Waals surface area contributed by atoms with Crippen LogP contribution in [0.15, 0.2) is 29.3 Å². The number of aliphatic hydroxyl groups is 1. The summed E-state index contributed by atoms with van der Waals surface area (Å²) in [6, 6.07) is 7.15. The molecule has 3 nitrogen and oxygen atoms in total. The van der Waals surface area contributed by atoms with Crippen molar-refractivity contribution in [3.63, 3.8) is 0 Å². The Morgan fingerprint density at radius 2 is 2.21 bits per heavy atom. The minimum absolute atomic E-state index is 0.0179. The molecule has 0 spiro atoms.